The van der Waals surface area contributed by atoms with Gasteiger partial charge in [-0.05, 0) is 74.3 Å². The van der Waals surface area contributed by atoms with Gasteiger partial charge in [-0.25, -0.2) is 0 Å². The van der Waals surface area contributed by atoms with E-state index in [9.17, 15) is 0 Å². The van der Waals surface area contributed by atoms with Gasteiger partial charge in [0, 0.05) is 22.6 Å². The number of halogens is 1. The molecule has 1 aromatic carbocycles. The smallest absolute Gasteiger partial charge is 0.0515 e. The summed E-state index contributed by atoms with van der Waals surface area (Å²) in [5, 5.41) is 3.42. The maximum Gasteiger partial charge on any atom is 0.0515 e. The second-order valence-corrected chi connectivity index (χ2v) is 6.76. The topological polar surface area (TPSA) is 15.3 Å². The molecule has 1 fully saturated rings. The summed E-state index contributed by atoms with van der Waals surface area (Å²) in [4.78, 5) is 2.53. The lowest BCUT2D eigenvalue weighted by atomic mass is 9.87. The van der Waals surface area contributed by atoms with Gasteiger partial charge in [-0.2, -0.15) is 0 Å². The highest BCUT2D eigenvalue weighted by atomic mass is 79.9. The molecular weight excluding hydrogens is 288 g/mol. The van der Waals surface area contributed by atoms with Crippen LogP contribution in [0, 0.1) is 6.92 Å². The van der Waals surface area contributed by atoms with E-state index in [4.69, 9.17) is 0 Å². The van der Waals surface area contributed by atoms with Crippen LogP contribution in [0.15, 0.2) is 22.7 Å². The Morgan fingerprint density at radius 1 is 1.39 bits per heavy atom. The van der Waals surface area contributed by atoms with Crippen LogP contribution in [0.1, 0.15) is 32.3 Å². The Balaban J connectivity index is 2.33. The number of aryl methyl sites for hydroxylation is 1. The van der Waals surface area contributed by atoms with Crippen molar-refractivity contribution in [1.82, 2.24) is 5.32 Å². The van der Waals surface area contributed by atoms with Crippen molar-refractivity contribution in [2.24, 2.45) is 0 Å². The van der Waals surface area contributed by atoms with Crippen LogP contribution in [0.5, 0.6) is 0 Å². The molecule has 0 radical (unpaired) electrons. The monoisotopic (exact) mass is 310 g/mol. The van der Waals surface area contributed by atoms with Gasteiger partial charge in [-0.3, -0.25) is 0 Å². The molecule has 3 heteroatoms. The van der Waals surface area contributed by atoms with E-state index in [1.165, 1.54) is 28.6 Å². The Labute approximate surface area is 119 Å². The number of benzene rings is 1. The fraction of sp³-hybridized carbons (Fsp3) is 0.600. The molecule has 0 amide bonds. The molecule has 1 aromatic rings. The molecule has 1 heterocycles. The molecule has 0 aromatic heterocycles. The first-order chi connectivity index (χ1) is 8.44. The average molecular weight is 311 g/mol. The minimum Gasteiger partial charge on any atom is -0.364 e. The molecule has 1 aliphatic heterocycles. The molecule has 2 nitrogen and oxygen atoms in total. The number of nitrogens with one attached hydrogen (secondary N) is 1. The second-order valence-electron chi connectivity index (χ2n) is 5.90. The predicted octanol–water partition coefficient (Wildman–Crippen LogP) is 3.72. The van der Waals surface area contributed by atoms with E-state index in [0.717, 1.165) is 6.54 Å². The van der Waals surface area contributed by atoms with Crippen LogP contribution in [-0.4, -0.2) is 25.2 Å². The van der Waals surface area contributed by atoms with Gasteiger partial charge in [0.05, 0.1) is 5.69 Å². The number of piperidine rings is 1. The quantitative estimate of drug-likeness (QED) is 0.895. The van der Waals surface area contributed by atoms with Crippen LogP contribution in [0.3, 0.4) is 0 Å². The molecule has 0 saturated carbocycles. The van der Waals surface area contributed by atoms with Crippen molar-refractivity contribution in [2.75, 3.05) is 18.5 Å². The first-order valence-electron chi connectivity index (χ1n) is 6.65. The molecule has 1 unspecified atom stereocenters. The van der Waals surface area contributed by atoms with Crippen LogP contribution in [0.25, 0.3) is 0 Å². The van der Waals surface area contributed by atoms with Crippen molar-refractivity contribution >= 4 is 21.6 Å². The highest BCUT2D eigenvalue weighted by Gasteiger charge is 2.34. The Morgan fingerprint density at radius 2 is 2.11 bits per heavy atom. The molecule has 0 spiro atoms. The van der Waals surface area contributed by atoms with Crippen molar-refractivity contribution in [3.8, 4) is 0 Å². The summed E-state index contributed by atoms with van der Waals surface area (Å²) in [6.07, 6.45) is 2.47. The van der Waals surface area contributed by atoms with E-state index in [1.807, 2.05) is 0 Å². The number of anilines is 1. The Hall–Kier alpha value is -0.540. The Bertz CT molecular complexity index is 429. The van der Waals surface area contributed by atoms with Gasteiger partial charge in [0.15, 0.2) is 0 Å². The summed E-state index contributed by atoms with van der Waals surface area (Å²) >= 11 is 3.71. The minimum atomic E-state index is 0.227. The van der Waals surface area contributed by atoms with Gasteiger partial charge >= 0.3 is 0 Å². The average Bonchev–Trinajstić information content (AvgIpc) is 2.30. The van der Waals surface area contributed by atoms with E-state index in [0.29, 0.717) is 6.04 Å². The van der Waals surface area contributed by atoms with Gasteiger partial charge in [-0.1, -0.05) is 6.07 Å². The van der Waals surface area contributed by atoms with Gasteiger partial charge in [0.2, 0.25) is 0 Å². The molecular formula is C15H23BrN2. The lowest BCUT2D eigenvalue weighted by molar-refractivity contribution is 0.313. The Morgan fingerprint density at radius 3 is 2.72 bits per heavy atom. The third-order valence-corrected chi connectivity index (χ3v) is 4.68. The molecule has 1 atom stereocenters. The highest BCUT2D eigenvalue weighted by molar-refractivity contribution is 9.10. The van der Waals surface area contributed by atoms with Crippen LogP contribution >= 0.6 is 15.9 Å². The fourth-order valence-corrected chi connectivity index (χ4v) is 3.42. The second kappa shape index (κ2) is 5.22. The van der Waals surface area contributed by atoms with Crippen molar-refractivity contribution in [3.05, 3.63) is 28.2 Å². The summed E-state index contributed by atoms with van der Waals surface area (Å²) in [7, 11) is 2.06. The van der Waals surface area contributed by atoms with E-state index in [-0.39, 0.29) is 5.54 Å². The van der Waals surface area contributed by atoms with Crippen LogP contribution < -0.4 is 10.2 Å². The normalized spacial score (nSPS) is 23.2. The van der Waals surface area contributed by atoms with Crippen molar-refractivity contribution < 1.29 is 0 Å². The van der Waals surface area contributed by atoms with Crippen LogP contribution in [0.2, 0.25) is 0 Å². The van der Waals surface area contributed by atoms with Gasteiger partial charge < -0.3 is 10.2 Å². The maximum absolute atomic E-state index is 3.71. The number of rotatable bonds is 2. The lowest BCUT2D eigenvalue weighted by Crippen LogP contribution is -2.55. The zero-order valence-electron chi connectivity index (χ0n) is 11.8. The largest absolute Gasteiger partial charge is 0.364 e. The summed E-state index contributed by atoms with van der Waals surface area (Å²) < 4.78 is 1.20. The lowest BCUT2D eigenvalue weighted by Gasteiger charge is -2.47. The molecule has 0 bridgehead atoms. The maximum atomic E-state index is 3.71. The standard InChI is InChI=1S/C15H23BrN2/c1-11-5-6-14(13(16)9-11)18-10-12(17-4)7-8-15(18,2)3/h5-6,9,12,17H,7-8,10H2,1-4H3. The van der Waals surface area contributed by atoms with E-state index in [1.54, 1.807) is 0 Å². The van der Waals surface area contributed by atoms with Crippen molar-refractivity contribution in [2.45, 2.75) is 45.2 Å². The molecule has 1 saturated heterocycles. The third-order valence-electron chi connectivity index (χ3n) is 4.04. The molecule has 0 aliphatic carbocycles. The SMILES string of the molecule is CNC1CCC(C)(C)N(c2ccc(C)cc2Br)C1. The summed E-state index contributed by atoms with van der Waals surface area (Å²) in [6, 6.07) is 7.22. The highest BCUT2D eigenvalue weighted by Crippen LogP contribution is 2.37. The molecule has 100 valence electrons. The molecule has 1 N–H and O–H groups in total. The van der Waals surface area contributed by atoms with Gasteiger partial charge in [0.25, 0.3) is 0 Å². The zero-order valence-corrected chi connectivity index (χ0v) is 13.3. The minimum absolute atomic E-state index is 0.227. The summed E-state index contributed by atoms with van der Waals surface area (Å²) in [5.41, 5.74) is 2.83. The van der Waals surface area contributed by atoms with Gasteiger partial charge in [-0.15, -0.1) is 0 Å². The number of hydrogen-bond donors (Lipinski definition) is 1. The van der Waals surface area contributed by atoms with Gasteiger partial charge in [0.1, 0.15) is 0 Å². The first-order valence-corrected chi connectivity index (χ1v) is 7.44. The number of nitrogens with zero attached hydrogens (tertiary/aromatic N) is 1. The summed E-state index contributed by atoms with van der Waals surface area (Å²) in [6.45, 7) is 7.88. The zero-order chi connectivity index (χ0) is 13.3. The Kier molecular flexibility index (Phi) is 4.02. The predicted molar refractivity (Wildman–Crippen MR) is 82.4 cm³/mol. The number of likely N-dealkylation sites (N-methyl/N-ethyl adjacent to an activating group) is 1. The van der Waals surface area contributed by atoms with E-state index < -0.39 is 0 Å². The van der Waals surface area contributed by atoms with Crippen LogP contribution in [-0.2, 0) is 0 Å². The van der Waals surface area contributed by atoms with Crippen molar-refractivity contribution in [1.29, 1.82) is 0 Å². The first kappa shape index (κ1) is 13.9. The van der Waals surface area contributed by atoms with E-state index >= 15 is 0 Å². The number of hydrogen-bond acceptors (Lipinski definition) is 2. The molecule has 2 rings (SSSR count). The molecule has 1 aliphatic rings. The van der Waals surface area contributed by atoms with Crippen molar-refractivity contribution in [3.63, 3.8) is 0 Å². The fourth-order valence-electron chi connectivity index (χ4n) is 2.71. The van der Waals surface area contributed by atoms with Crippen LogP contribution in [0.4, 0.5) is 5.69 Å². The van der Waals surface area contributed by atoms with E-state index in [2.05, 4.69) is 72.2 Å². The summed E-state index contributed by atoms with van der Waals surface area (Å²) in [5.74, 6) is 0. The molecule has 18 heavy (non-hydrogen) atoms. The third kappa shape index (κ3) is 2.72.